The van der Waals surface area contributed by atoms with Gasteiger partial charge in [0.2, 0.25) is 11.8 Å². The minimum atomic E-state index is -3.86. The van der Waals surface area contributed by atoms with E-state index in [9.17, 15) is 22.8 Å². The van der Waals surface area contributed by atoms with Crippen molar-refractivity contribution in [3.05, 3.63) is 30.8 Å². The summed E-state index contributed by atoms with van der Waals surface area (Å²) in [6.07, 6.45) is 4.55. The third kappa shape index (κ3) is 6.10. The number of carbonyl (C=O) groups excluding carboxylic acids is 3. The van der Waals surface area contributed by atoms with Crippen LogP contribution in [0, 0.1) is 6.42 Å². The first kappa shape index (κ1) is 21.0. The lowest BCUT2D eigenvalue weighted by Gasteiger charge is -2.19. The molecule has 2 heterocycles. The van der Waals surface area contributed by atoms with Gasteiger partial charge in [-0.3, -0.25) is 14.4 Å². The Balaban J connectivity index is 1.92. The molecule has 3 N–H and O–H groups in total. The SMILES string of the molecule is NC(=O)CCC[CH]C(=O)N[C@H]1CCCN(S(=O)(=O)c2ccccn2)CC1=O. The molecule has 2 amide bonds. The Morgan fingerprint density at radius 2 is 2.15 bits per heavy atom. The van der Waals surface area contributed by atoms with Crippen molar-refractivity contribution in [3.63, 3.8) is 0 Å². The second kappa shape index (κ2) is 9.56. The normalized spacial score (nSPS) is 18.7. The van der Waals surface area contributed by atoms with E-state index >= 15 is 0 Å². The molecule has 1 aromatic heterocycles. The van der Waals surface area contributed by atoms with Gasteiger partial charge in [-0.05, 0) is 37.8 Å². The molecule has 0 spiro atoms. The van der Waals surface area contributed by atoms with Crippen molar-refractivity contribution < 1.29 is 22.8 Å². The smallest absolute Gasteiger partial charge is 0.260 e. The summed E-state index contributed by atoms with van der Waals surface area (Å²) in [6.45, 7) is -0.134. The van der Waals surface area contributed by atoms with Gasteiger partial charge in [0.05, 0.1) is 12.6 Å². The number of unbranched alkanes of at least 4 members (excludes halogenated alkanes) is 1. The average molecular weight is 395 g/mol. The average Bonchev–Trinajstić information content (AvgIpc) is 2.81. The summed E-state index contributed by atoms with van der Waals surface area (Å²) in [4.78, 5) is 38.9. The van der Waals surface area contributed by atoms with Crippen LogP contribution in [-0.4, -0.2) is 54.4 Å². The Morgan fingerprint density at radius 3 is 2.81 bits per heavy atom. The number of ketones is 1. The van der Waals surface area contributed by atoms with E-state index in [1.165, 1.54) is 18.7 Å². The van der Waals surface area contributed by atoms with Gasteiger partial charge in [0, 0.05) is 25.6 Å². The van der Waals surface area contributed by atoms with Crippen LogP contribution in [0.5, 0.6) is 0 Å². The molecule has 1 aliphatic rings. The molecular formula is C17H23N4O5S. The second-order valence-electron chi connectivity index (χ2n) is 6.24. The van der Waals surface area contributed by atoms with Gasteiger partial charge in [0.15, 0.2) is 10.8 Å². The minimum Gasteiger partial charge on any atom is -0.370 e. The summed E-state index contributed by atoms with van der Waals surface area (Å²) >= 11 is 0. The molecule has 10 heteroatoms. The molecule has 1 radical (unpaired) electrons. The summed E-state index contributed by atoms with van der Waals surface area (Å²) in [5.74, 6) is -1.22. The monoisotopic (exact) mass is 395 g/mol. The number of nitrogens with zero attached hydrogens (tertiary/aromatic N) is 2. The standard InChI is InChI=1S/C17H23N4O5S/c18-15(23)7-1-2-8-16(24)20-13-6-5-11-21(12-14(13)22)27(25,26)17-9-3-4-10-19-17/h3-4,8-10,13H,1-2,5-7,11-12H2,(H2,18,23)(H,20,24)/t13-/m0/s1. The van der Waals surface area contributed by atoms with Crippen LogP contribution in [0.25, 0.3) is 0 Å². The third-order valence-electron chi connectivity index (χ3n) is 4.14. The molecule has 0 saturated carbocycles. The first-order valence-electron chi connectivity index (χ1n) is 8.66. The molecular weight excluding hydrogens is 372 g/mol. The number of Topliss-reactive ketones (excluding diaryl/α,β-unsaturated/α-hetero) is 1. The molecule has 0 aromatic carbocycles. The van der Waals surface area contributed by atoms with Crippen molar-refractivity contribution >= 4 is 27.6 Å². The van der Waals surface area contributed by atoms with Crippen LogP contribution in [-0.2, 0) is 24.4 Å². The quantitative estimate of drug-likeness (QED) is 0.583. The van der Waals surface area contributed by atoms with Crippen LogP contribution < -0.4 is 11.1 Å². The fraction of sp³-hybridized carbons (Fsp3) is 0.471. The number of amides is 2. The van der Waals surface area contributed by atoms with E-state index in [1.54, 1.807) is 12.1 Å². The van der Waals surface area contributed by atoms with Crippen LogP contribution in [0.15, 0.2) is 29.4 Å². The van der Waals surface area contributed by atoms with E-state index in [4.69, 9.17) is 5.73 Å². The Hall–Kier alpha value is -2.33. The van der Waals surface area contributed by atoms with E-state index in [-0.39, 0.29) is 30.3 Å². The highest BCUT2D eigenvalue weighted by atomic mass is 32.2. The van der Waals surface area contributed by atoms with Crippen molar-refractivity contribution in [2.75, 3.05) is 13.1 Å². The number of nitrogens with one attached hydrogen (secondary N) is 1. The van der Waals surface area contributed by atoms with Gasteiger partial charge in [-0.1, -0.05) is 6.07 Å². The number of aromatic nitrogens is 1. The van der Waals surface area contributed by atoms with E-state index in [1.807, 2.05) is 0 Å². The van der Waals surface area contributed by atoms with Crippen molar-refractivity contribution in [1.82, 2.24) is 14.6 Å². The molecule has 1 saturated heterocycles. The number of carbonyl (C=O) groups is 3. The van der Waals surface area contributed by atoms with E-state index in [0.29, 0.717) is 25.7 Å². The van der Waals surface area contributed by atoms with Crippen LogP contribution in [0.3, 0.4) is 0 Å². The maximum absolute atomic E-state index is 12.6. The van der Waals surface area contributed by atoms with Crippen molar-refractivity contribution in [2.24, 2.45) is 5.73 Å². The van der Waals surface area contributed by atoms with Gasteiger partial charge in [-0.15, -0.1) is 0 Å². The first-order valence-corrected chi connectivity index (χ1v) is 10.1. The molecule has 1 fully saturated rings. The fourth-order valence-corrected chi connectivity index (χ4v) is 4.10. The lowest BCUT2D eigenvalue weighted by atomic mass is 10.1. The maximum Gasteiger partial charge on any atom is 0.260 e. The second-order valence-corrected chi connectivity index (χ2v) is 8.12. The highest BCUT2D eigenvalue weighted by Crippen LogP contribution is 2.17. The lowest BCUT2D eigenvalue weighted by Crippen LogP contribution is -2.44. The molecule has 27 heavy (non-hydrogen) atoms. The van der Waals surface area contributed by atoms with Crippen molar-refractivity contribution in [1.29, 1.82) is 0 Å². The van der Waals surface area contributed by atoms with Crippen LogP contribution in [0.1, 0.15) is 32.1 Å². The molecule has 0 bridgehead atoms. The van der Waals surface area contributed by atoms with Gasteiger partial charge >= 0.3 is 0 Å². The van der Waals surface area contributed by atoms with Gasteiger partial charge < -0.3 is 11.1 Å². The molecule has 147 valence electrons. The minimum absolute atomic E-state index is 0.108. The summed E-state index contributed by atoms with van der Waals surface area (Å²) < 4.78 is 26.3. The molecule has 0 aliphatic carbocycles. The summed E-state index contributed by atoms with van der Waals surface area (Å²) in [6, 6.07) is 3.81. The zero-order chi connectivity index (χ0) is 19.9. The van der Waals surface area contributed by atoms with Gasteiger partial charge in [-0.2, -0.15) is 4.31 Å². The zero-order valence-corrected chi connectivity index (χ0v) is 15.7. The molecule has 0 unspecified atom stereocenters. The van der Waals surface area contributed by atoms with Crippen LogP contribution in [0.2, 0.25) is 0 Å². The summed E-state index contributed by atoms with van der Waals surface area (Å²) in [5.41, 5.74) is 5.03. The number of hydrogen-bond acceptors (Lipinski definition) is 6. The predicted molar refractivity (Wildman–Crippen MR) is 96.5 cm³/mol. The van der Waals surface area contributed by atoms with Gasteiger partial charge in [0.25, 0.3) is 10.0 Å². The van der Waals surface area contributed by atoms with Crippen molar-refractivity contribution in [3.8, 4) is 0 Å². The Kier molecular flexibility index (Phi) is 7.43. The molecule has 1 aliphatic heterocycles. The number of rotatable bonds is 8. The number of hydrogen-bond donors (Lipinski definition) is 2. The van der Waals surface area contributed by atoms with Gasteiger partial charge in [-0.25, -0.2) is 13.4 Å². The molecule has 1 aromatic rings. The third-order valence-corrected chi connectivity index (χ3v) is 5.90. The Bertz CT molecular complexity index is 782. The van der Waals surface area contributed by atoms with Gasteiger partial charge in [0.1, 0.15) is 0 Å². The Labute approximate surface area is 158 Å². The van der Waals surface area contributed by atoms with E-state index in [2.05, 4.69) is 10.3 Å². The largest absolute Gasteiger partial charge is 0.370 e. The Morgan fingerprint density at radius 1 is 1.37 bits per heavy atom. The first-order chi connectivity index (χ1) is 12.8. The molecule has 1 atom stereocenters. The highest BCUT2D eigenvalue weighted by Gasteiger charge is 2.33. The summed E-state index contributed by atoms with van der Waals surface area (Å²) in [7, 11) is -3.86. The van der Waals surface area contributed by atoms with Crippen LogP contribution in [0.4, 0.5) is 0 Å². The maximum atomic E-state index is 12.6. The van der Waals surface area contributed by atoms with Crippen molar-refractivity contribution in [2.45, 2.75) is 43.2 Å². The van der Waals surface area contributed by atoms with E-state index < -0.39 is 27.9 Å². The van der Waals surface area contributed by atoms with E-state index in [0.717, 1.165) is 4.31 Å². The van der Waals surface area contributed by atoms with Crippen LogP contribution >= 0.6 is 0 Å². The molecule has 9 nitrogen and oxygen atoms in total. The highest BCUT2D eigenvalue weighted by molar-refractivity contribution is 7.89. The topological polar surface area (TPSA) is 140 Å². The fourth-order valence-electron chi connectivity index (χ4n) is 2.73. The predicted octanol–water partition coefficient (Wildman–Crippen LogP) is -0.220. The molecule has 2 rings (SSSR count). The zero-order valence-electron chi connectivity index (χ0n) is 14.8. The lowest BCUT2D eigenvalue weighted by molar-refractivity contribution is -0.126. The number of sulfonamides is 1. The summed E-state index contributed by atoms with van der Waals surface area (Å²) in [5, 5.41) is 2.50. The number of primary amides is 1. The number of nitrogens with two attached hydrogens (primary N) is 1. The number of pyridine rings is 1.